The number of rotatable bonds is 6. The van der Waals surface area contributed by atoms with Crippen LogP contribution < -0.4 is 15.0 Å². The van der Waals surface area contributed by atoms with Gasteiger partial charge >= 0.3 is 0 Å². The molecule has 1 aliphatic rings. The molecule has 1 aliphatic heterocycles. The summed E-state index contributed by atoms with van der Waals surface area (Å²) in [5, 5.41) is 4.42. The number of nitrogens with zero attached hydrogens (tertiary/aromatic N) is 6. The van der Waals surface area contributed by atoms with Crippen molar-refractivity contribution in [3.63, 3.8) is 0 Å². The molecule has 1 saturated heterocycles. The lowest BCUT2D eigenvalue weighted by Crippen LogP contribution is -2.39. The summed E-state index contributed by atoms with van der Waals surface area (Å²) < 4.78 is 9.57. The van der Waals surface area contributed by atoms with E-state index in [0.29, 0.717) is 11.9 Å². The van der Waals surface area contributed by atoms with Gasteiger partial charge in [-0.25, -0.2) is 15.0 Å². The first-order valence-corrected chi connectivity index (χ1v) is 8.76. The fourth-order valence-corrected chi connectivity index (χ4v) is 3.26. The van der Waals surface area contributed by atoms with Gasteiger partial charge in [-0.05, 0) is 12.8 Å². The Morgan fingerprint density at radius 2 is 2.12 bits per heavy atom. The number of piperidine rings is 1. The number of hydrogen-bond donors (Lipinski definition) is 1. The molecule has 3 rings (SSSR count). The molecule has 24 heavy (non-hydrogen) atoms. The third-order valence-corrected chi connectivity index (χ3v) is 4.92. The van der Waals surface area contributed by atoms with E-state index in [0.717, 1.165) is 49.2 Å². The minimum absolute atomic E-state index is 0.418. The highest BCUT2D eigenvalue weighted by Gasteiger charge is 2.21. The molecule has 0 aliphatic carbocycles. The molecule has 0 amide bonds. The van der Waals surface area contributed by atoms with Crippen molar-refractivity contribution < 1.29 is 4.74 Å². The molecule has 0 aromatic carbocycles. The van der Waals surface area contributed by atoms with Crippen molar-refractivity contribution in [1.82, 2.24) is 24.2 Å². The summed E-state index contributed by atoms with van der Waals surface area (Å²) in [5.74, 6) is 2.31. The van der Waals surface area contributed by atoms with Gasteiger partial charge in [-0.3, -0.25) is 4.90 Å². The largest absolute Gasteiger partial charge is 0.481 e. The van der Waals surface area contributed by atoms with Crippen LogP contribution in [0.15, 0.2) is 12.4 Å². The number of methoxy groups -OCH3 is 1. The van der Waals surface area contributed by atoms with Crippen LogP contribution in [0, 0.1) is 0 Å². The summed E-state index contributed by atoms with van der Waals surface area (Å²) in [4.78, 5) is 17.2. The lowest BCUT2D eigenvalue weighted by molar-refractivity contribution is 0.207. The molecule has 2 aromatic rings. The van der Waals surface area contributed by atoms with Gasteiger partial charge in [-0.2, -0.15) is 4.37 Å². The van der Waals surface area contributed by atoms with Crippen LogP contribution in [0.25, 0.3) is 0 Å². The monoisotopic (exact) mass is 349 g/mol. The Morgan fingerprint density at radius 1 is 1.33 bits per heavy atom. The first-order chi connectivity index (χ1) is 11.6. The topological polar surface area (TPSA) is 79.3 Å². The molecule has 130 valence electrons. The van der Waals surface area contributed by atoms with E-state index in [1.807, 2.05) is 25.1 Å². The molecule has 0 radical (unpaired) electrons. The zero-order valence-electron chi connectivity index (χ0n) is 14.3. The van der Waals surface area contributed by atoms with E-state index in [4.69, 9.17) is 4.74 Å². The molecule has 0 atom stereocenters. The van der Waals surface area contributed by atoms with Gasteiger partial charge in [-0.15, -0.1) is 0 Å². The second-order valence-electron chi connectivity index (χ2n) is 6.03. The van der Waals surface area contributed by atoms with Crippen molar-refractivity contribution in [1.29, 1.82) is 0 Å². The number of hydrogen-bond acceptors (Lipinski definition) is 9. The lowest BCUT2D eigenvalue weighted by atomic mass is 10.1. The third kappa shape index (κ3) is 4.30. The normalized spacial score (nSPS) is 16.1. The zero-order valence-corrected chi connectivity index (χ0v) is 15.1. The van der Waals surface area contributed by atoms with Crippen LogP contribution in [-0.4, -0.2) is 64.6 Å². The predicted molar refractivity (Wildman–Crippen MR) is 94.7 cm³/mol. The van der Waals surface area contributed by atoms with E-state index in [1.54, 1.807) is 7.11 Å². The number of aromatic nitrogens is 4. The molecule has 1 fully saturated rings. The highest BCUT2D eigenvalue weighted by Crippen LogP contribution is 2.20. The number of likely N-dealkylation sites (tertiary alicyclic amines) is 1. The molecular formula is C15H23N7OS. The summed E-state index contributed by atoms with van der Waals surface area (Å²) in [6, 6.07) is 2.25. The number of ether oxygens (including phenoxy) is 1. The minimum atomic E-state index is 0.418. The van der Waals surface area contributed by atoms with Crippen LogP contribution in [0.1, 0.15) is 18.7 Å². The standard InChI is InChI=1S/C15H23N7OS/c1-21(2)15-19-13(20-24-15)9-22-6-4-11(5-7-22)18-12-8-14(23-3)17-10-16-12/h8,10-11H,4-7,9H2,1-3H3,(H,16,17,18). The van der Waals surface area contributed by atoms with E-state index in [-0.39, 0.29) is 0 Å². The molecule has 0 bridgehead atoms. The first-order valence-electron chi connectivity index (χ1n) is 7.99. The summed E-state index contributed by atoms with van der Waals surface area (Å²) in [6.45, 7) is 2.87. The van der Waals surface area contributed by atoms with Crippen LogP contribution >= 0.6 is 11.5 Å². The average Bonchev–Trinajstić information content (AvgIpc) is 3.06. The Balaban J connectivity index is 1.48. The summed E-state index contributed by atoms with van der Waals surface area (Å²) >= 11 is 1.45. The first kappa shape index (κ1) is 16.8. The van der Waals surface area contributed by atoms with Gasteiger partial charge in [0.05, 0.1) is 13.7 Å². The Kier molecular flexibility index (Phi) is 5.41. The molecule has 9 heteroatoms. The highest BCUT2D eigenvalue weighted by atomic mass is 32.1. The van der Waals surface area contributed by atoms with E-state index < -0.39 is 0 Å². The van der Waals surface area contributed by atoms with Crippen molar-refractivity contribution in [2.45, 2.75) is 25.4 Å². The van der Waals surface area contributed by atoms with Crippen molar-refractivity contribution in [3.05, 3.63) is 18.2 Å². The Labute approximate surface area is 146 Å². The minimum Gasteiger partial charge on any atom is -0.481 e. The second kappa shape index (κ2) is 7.71. The molecule has 8 nitrogen and oxygen atoms in total. The van der Waals surface area contributed by atoms with E-state index >= 15 is 0 Å². The van der Waals surface area contributed by atoms with Gasteiger partial charge in [0.2, 0.25) is 11.0 Å². The number of anilines is 2. The summed E-state index contributed by atoms with van der Waals surface area (Å²) in [5.41, 5.74) is 0. The number of nitrogens with one attached hydrogen (secondary N) is 1. The maximum atomic E-state index is 5.13. The Hall–Kier alpha value is -2.00. The Bertz CT molecular complexity index is 655. The third-order valence-electron chi connectivity index (χ3n) is 4.00. The smallest absolute Gasteiger partial charge is 0.218 e. The van der Waals surface area contributed by atoms with Crippen LogP contribution in [0.4, 0.5) is 10.9 Å². The van der Waals surface area contributed by atoms with Crippen molar-refractivity contribution in [3.8, 4) is 5.88 Å². The molecule has 0 unspecified atom stereocenters. The quantitative estimate of drug-likeness (QED) is 0.840. The maximum absolute atomic E-state index is 5.13. The van der Waals surface area contributed by atoms with Gasteiger partial charge in [-0.1, -0.05) is 0 Å². The molecule has 3 heterocycles. The molecular weight excluding hydrogens is 326 g/mol. The van der Waals surface area contributed by atoms with Crippen LogP contribution in [0.5, 0.6) is 5.88 Å². The van der Waals surface area contributed by atoms with Gasteiger partial charge < -0.3 is 15.0 Å². The lowest BCUT2D eigenvalue weighted by Gasteiger charge is -2.31. The van der Waals surface area contributed by atoms with Gasteiger partial charge in [0.25, 0.3) is 0 Å². The fraction of sp³-hybridized carbons (Fsp3) is 0.600. The molecule has 1 N–H and O–H groups in total. The average molecular weight is 349 g/mol. The van der Waals surface area contributed by atoms with E-state index in [1.165, 1.54) is 17.9 Å². The summed E-state index contributed by atoms with van der Waals surface area (Å²) in [6.07, 6.45) is 3.65. The van der Waals surface area contributed by atoms with Crippen LogP contribution in [0.2, 0.25) is 0 Å². The van der Waals surface area contributed by atoms with Crippen molar-refractivity contribution in [2.24, 2.45) is 0 Å². The van der Waals surface area contributed by atoms with Gasteiger partial charge in [0.15, 0.2) is 5.82 Å². The maximum Gasteiger partial charge on any atom is 0.218 e. The molecule has 2 aromatic heterocycles. The van der Waals surface area contributed by atoms with Crippen molar-refractivity contribution >= 4 is 22.5 Å². The molecule has 0 spiro atoms. The van der Waals surface area contributed by atoms with Crippen LogP contribution in [-0.2, 0) is 6.54 Å². The SMILES string of the molecule is COc1cc(NC2CCN(Cc3nsc(N(C)C)n3)CC2)ncn1. The van der Waals surface area contributed by atoms with Crippen molar-refractivity contribution in [2.75, 3.05) is 44.5 Å². The van der Waals surface area contributed by atoms with Gasteiger partial charge in [0, 0.05) is 50.8 Å². The highest BCUT2D eigenvalue weighted by molar-refractivity contribution is 7.09. The van der Waals surface area contributed by atoms with Crippen LogP contribution in [0.3, 0.4) is 0 Å². The zero-order chi connectivity index (χ0) is 16.9. The second-order valence-corrected chi connectivity index (χ2v) is 6.76. The molecule has 0 saturated carbocycles. The summed E-state index contributed by atoms with van der Waals surface area (Å²) in [7, 11) is 5.59. The Morgan fingerprint density at radius 3 is 2.79 bits per heavy atom. The predicted octanol–water partition coefficient (Wildman–Crippen LogP) is 1.48. The fourth-order valence-electron chi connectivity index (χ4n) is 2.67. The van der Waals surface area contributed by atoms with E-state index in [2.05, 4.69) is 29.5 Å². The van der Waals surface area contributed by atoms with Gasteiger partial charge in [0.1, 0.15) is 12.1 Å². The van der Waals surface area contributed by atoms with E-state index in [9.17, 15) is 0 Å².